The van der Waals surface area contributed by atoms with E-state index in [9.17, 15) is 110 Å². The van der Waals surface area contributed by atoms with E-state index in [1.165, 1.54) is 0 Å². The highest BCUT2D eigenvalue weighted by Gasteiger charge is 2.58. The predicted molar refractivity (Wildman–Crippen MR) is 380 cm³/mol. The van der Waals surface area contributed by atoms with Gasteiger partial charge in [0.15, 0.2) is 58.5 Å². The quantitative estimate of drug-likeness (QED) is 0.0278. The van der Waals surface area contributed by atoms with E-state index < -0.39 is 277 Å². The molecule has 0 bridgehead atoms. The van der Waals surface area contributed by atoms with Gasteiger partial charge in [-0.1, -0.05) is 0 Å². The van der Waals surface area contributed by atoms with Gasteiger partial charge in [-0.15, -0.1) is 0 Å². The molecule has 0 aliphatic carbocycles. The molecule has 0 aliphatic heterocycles. The molecule has 724 valence electrons. The van der Waals surface area contributed by atoms with Crippen LogP contribution in [0.5, 0.6) is 0 Å². The van der Waals surface area contributed by atoms with E-state index in [2.05, 4.69) is 4.52 Å². The van der Waals surface area contributed by atoms with Crippen LogP contribution in [0.15, 0.2) is 0 Å². The van der Waals surface area contributed by atoms with Crippen LogP contribution in [-0.2, 0) is 114 Å². The summed E-state index contributed by atoms with van der Waals surface area (Å²) in [5, 5.41) is 6.05. The predicted octanol–water partition coefficient (Wildman–Crippen LogP) is -10.1. The standard InChI is InChI=1S/C4H15NO13P4.C3H12O12P4.C2H8N2.8CH6O6P2/c6-2-1-5(3(19(7,8)9)20(10,11)12)4(21(13,14)15)22(16,17)18;4-16(5,6)2-17(7,8)15-1-3(18(9,10)11)19(12,13)14;3-1-2-4;8*2-8(3,4)1-9(5,6)7/h3-4,6H,1-2H2,(H2,7,8,9)(H2,10,11,12)(H2,13,14,15)(H2,16,17,18);3H,1-2H2,(H,7,8)(H2,4,5,6)(H2,9,10,11)(H2,12,13,14);1-4H2;8*1H2,(H2,2,3,4)(H2,5,6,7). The molecular formula is C17H83N3O73P24. The Bertz CT molecular complexity index is 3410. The molecule has 0 saturated carbocycles. The molecule has 0 aromatic carbocycles. The van der Waals surface area contributed by atoms with Crippen molar-refractivity contribution in [2.45, 2.75) is 16.4 Å². The van der Waals surface area contributed by atoms with Gasteiger partial charge < -0.3 is 251 Å². The third kappa shape index (κ3) is 133. The average Bonchev–Trinajstić information content (AvgIpc) is 0.760. The Hall–Kier alpha value is 3.44. The Kier molecular flexibility index (Phi) is 67.5. The van der Waals surface area contributed by atoms with E-state index in [4.69, 9.17) is 247 Å². The number of nitrogens with zero attached hydrogens (tertiary/aromatic N) is 1. The topological polar surface area (TPSA) is 1450 Å². The van der Waals surface area contributed by atoms with E-state index in [1.54, 1.807) is 0 Å². The fourth-order valence-electron chi connectivity index (χ4n) is 4.40. The van der Waals surface area contributed by atoms with E-state index in [1.807, 2.05) is 0 Å². The van der Waals surface area contributed by atoms with Crippen molar-refractivity contribution in [2.24, 2.45) is 11.5 Å². The Labute approximate surface area is 647 Å². The summed E-state index contributed by atoms with van der Waals surface area (Å²) >= 11 is 0. The van der Waals surface area contributed by atoms with Gasteiger partial charge in [0.1, 0.15) is 0 Å². The molecule has 0 radical (unpaired) electrons. The van der Waals surface area contributed by atoms with Crippen LogP contribution in [0.2, 0.25) is 0 Å². The summed E-state index contributed by atoms with van der Waals surface area (Å²) in [6.07, 6.45) is 0. The smallest absolute Gasteiger partial charge is 0.355 e. The van der Waals surface area contributed by atoms with Crippen LogP contribution in [0.25, 0.3) is 0 Å². The minimum atomic E-state index is -5.81. The molecule has 0 saturated heterocycles. The average molecular weight is 2240 g/mol. The zero-order valence-electron chi connectivity index (χ0n) is 55.6. The zero-order valence-corrected chi connectivity index (χ0v) is 77.1. The molecule has 1 unspecified atom stereocenters. The fourth-order valence-corrected chi connectivity index (χ4v) is 30.8. The molecule has 76 nitrogen and oxygen atoms in total. The first-order valence-corrected chi connectivity index (χ1v) is 67.3. The Morgan fingerprint density at radius 1 is 0.205 bits per heavy atom. The second-order valence-corrected chi connectivity index (χ2v) is 65.6. The molecule has 0 aromatic heterocycles. The van der Waals surface area contributed by atoms with Crippen LogP contribution < -0.4 is 11.5 Å². The lowest BCUT2D eigenvalue weighted by Gasteiger charge is -2.37. The van der Waals surface area contributed by atoms with Crippen LogP contribution in [0, 0.1) is 0 Å². The lowest BCUT2D eigenvalue weighted by molar-refractivity contribution is 0.164. The van der Waals surface area contributed by atoms with E-state index in [0.29, 0.717) is 13.1 Å². The molecule has 0 aliphatic rings. The monoisotopic (exact) mass is 2240 g/mol. The van der Waals surface area contributed by atoms with E-state index >= 15 is 0 Å². The van der Waals surface area contributed by atoms with Crippen molar-refractivity contribution in [3.8, 4) is 0 Å². The maximum atomic E-state index is 11.2. The van der Waals surface area contributed by atoms with Crippen molar-refractivity contribution in [3.63, 3.8) is 0 Å². The summed E-state index contributed by atoms with van der Waals surface area (Å²) in [5.41, 5.74) is 3.30. The summed E-state index contributed by atoms with van der Waals surface area (Å²) in [4.78, 5) is 387. The van der Waals surface area contributed by atoms with Gasteiger partial charge in [-0.05, 0) is 0 Å². The largest absolute Gasteiger partial charge is 0.395 e. The van der Waals surface area contributed by atoms with Crippen molar-refractivity contribution >= 4 is 182 Å². The summed E-state index contributed by atoms with van der Waals surface area (Å²) in [7, 11) is -117. The maximum Gasteiger partial charge on any atom is 0.355 e. The molecule has 1 atom stereocenters. The minimum absolute atomic E-state index is 0.455. The summed E-state index contributed by atoms with van der Waals surface area (Å²) in [5.74, 6) is -12.6. The van der Waals surface area contributed by atoms with Crippen molar-refractivity contribution in [1.82, 2.24) is 4.90 Å². The van der Waals surface area contributed by atoms with Crippen molar-refractivity contribution in [2.75, 3.05) is 86.0 Å². The van der Waals surface area contributed by atoms with E-state index in [0.717, 1.165) is 0 Å². The van der Waals surface area contributed by atoms with Crippen LogP contribution in [0.4, 0.5) is 0 Å². The molecule has 0 heterocycles. The molecule has 0 spiro atoms. The van der Waals surface area contributed by atoms with Crippen molar-refractivity contribution in [3.05, 3.63) is 0 Å². The van der Waals surface area contributed by atoms with Gasteiger partial charge in [0.2, 0.25) is 11.0 Å². The van der Waals surface area contributed by atoms with Crippen LogP contribution in [-0.4, -0.2) is 342 Å². The summed E-state index contributed by atoms with van der Waals surface area (Å²) in [6.45, 7) is -2.74. The number of hydrogen-bond donors (Lipinski definition) is 50. The SMILES string of the molecule is NCCN.O=P(O)(O)C(N(CCO)C(P(=O)(O)O)P(=O)(O)O)P(=O)(O)O.O=P(O)(O)CP(=O)(O)O.O=P(O)(O)CP(=O)(O)O.O=P(O)(O)CP(=O)(O)O.O=P(O)(O)CP(=O)(O)O.O=P(O)(O)CP(=O)(O)O.O=P(O)(O)CP(=O)(O)O.O=P(O)(O)CP(=O)(O)O.O=P(O)(O)CP(=O)(O)O.O=P(O)(O)CP(=O)(O)OCC(P(=O)(O)O)P(=O)(O)O. The van der Waals surface area contributed by atoms with Gasteiger partial charge in [0, 0.05) is 19.6 Å². The van der Waals surface area contributed by atoms with Gasteiger partial charge in [-0.3, -0.25) is 114 Å². The third-order valence-electron chi connectivity index (χ3n) is 6.83. The first-order chi connectivity index (χ1) is 49.1. The van der Waals surface area contributed by atoms with Crippen molar-refractivity contribution < 1.29 is 349 Å². The lowest BCUT2D eigenvalue weighted by Crippen LogP contribution is -2.44. The van der Waals surface area contributed by atoms with Crippen LogP contribution >= 0.6 is 182 Å². The van der Waals surface area contributed by atoms with Crippen LogP contribution in [0.3, 0.4) is 0 Å². The van der Waals surface area contributed by atoms with Crippen molar-refractivity contribution in [1.29, 1.82) is 0 Å². The highest BCUT2D eigenvalue weighted by atomic mass is 31.3. The second-order valence-electron chi connectivity index (χ2n) is 19.8. The summed E-state index contributed by atoms with van der Waals surface area (Å²) in [6, 6.07) is 0. The molecule has 100 heteroatoms. The van der Waals surface area contributed by atoms with Gasteiger partial charge in [0.25, 0.3) is 0 Å². The Morgan fingerprint density at radius 2 is 0.325 bits per heavy atom. The molecule has 0 aromatic rings. The highest BCUT2D eigenvalue weighted by Crippen LogP contribution is 2.69. The highest BCUT2D eigenvalue weighted by molar-refractivity contribution is 7.75. The summed E-state index contributed by atoms with van der Waals surface area (Å²) < 4.78 is 250. The van der Waals surface area contributed by atoms with Crippen LogP contribution in [0.1, 0.15) is 0 Å². The van der Waals surface area contributed by atoms with E-state index in [-0.39, 0.29) is 0 Å². The maximum absolute atomic E-state index is 11.2. The first-order valence-electron chi connectivity index (χ1n) is 24.9. The van der Waals surface area contributed by atoms with Gasteiger partial charge in [0.05, 0.1) is 13.2 Å². The van der Waals surface area contributed by atoms with Gasteiger partial charge in [-0.25, -0.2) is 0 Å². The molecule has 0 rings (SSSR count). The molecule has 117 heavy (non-hydrogen) atoms. The third-order valence-corrected chi connectivity index (χ3v) is 44.7. The fraction of sp³-hybridized carbons (Fsp3) is 1.00. The molecule has 0 fully saturated rings. The second kappa shape index (κ2) is 55.1. The first kappa shape index (κ1) is 143. The van der Waals surface area contributed by atoms with Gasteiger partial charge in [-0.2, -0.15) is 0 Å². The normalized spacial score (nSPS) is 14.4. The Balaban J connectivity index is -0.000000121. The molecular weight excluding hydrogens is 2160 g/mol. The number of hydrogen-bond acceptors (Lipinski definition) is 29. The number of rotatable bonds is 32. The van der Waals surface area contributed by atoms with Gasteiger partial charge >= 0.3 is 182 Å². The number of aliphatic hydroxyl groups excluding tert-OH is 1. The zero-order chi connectivity index (χ0) is 98.9. The minimum Gasteiger partial charge on any atom is -0.395 e. The molecule has 52 N–H and O–H groups in total. The molecule has 0 amide bonds. The number of aliphatic hydroxyl groups is 1. The Morgan fingerprint density at radius 3 is 0.393 bits per heavy atom. The lowest BCUT2D eigenvalue weighted by atomic mass is 10.6. The number of nitrogens with two attached hydrogens (primary N) is 2.